The summed E-state index contributed by atoms with van der Waals surface area (Å²) in [5, 5.41) is 4.20. The molecular weight excluding hydrogens is 377 g/mol. The first-order valence-corrected chi connectivity index (χ1v) is 9.86. The van der Waals surface area contributed by atoms with Crippen LogP contribution >= 0.6 is 35.0 Å². The highest BCUT2D eigenvalue weighted by Crippen LogP contribution is 2.28. The van der Waals surface area contributed by atoms with Crippen LogP contribution in [-0.4, -0.2) is 24.8 Å². The minimum Gasteiger partial charge on any atom is -0.483 e. The second-order valence-electron chi connectivity index (χ2n) is 5.59. The second kappa shape index (κ2) is 9.95. The zero-order chi connectivity index (χ0) is 18.2. The van der Waals surface area contributed by atoms with Gasteiger partial charge in [0, 0.05) is 28.1 Å². The molecule has 6 heteroatoms. The Kier molecular flexibility index (Phi) is 7.94. The van der Waals surface area contributed by atoms with E-state index in [9.17, 15) is 4.79 Å². The van der Waals surface area contributed by atoms with Crippen LogP contribution in [0.5, 0.6) is 5.75 Å². The van der Waals surface area contributed by atoms with Crippen LogP contribution in [0.15, 0.2) is 36.4 Å². The zero-order valence-electron chi connectivity index (χ0n) is 14.3. The van der Waals surface area contributed by atoms with Crippen molar-refractivity contribution in [2.45, 2.75) is 19.6 Å². The largest absolute Gasteiger partial charge is 0.483 e. The normalized spacial score (nSPS) is 10.6. The smallest absolute Gasteiger partial charge is 0.257 e. The molecule has 0 saturated heterocycles. The van der Waals surface area contributed by atoms with E-state index >= 15 is 0 Å². The lowest BCUT2D eigenvalue weighted by atomic mass is 10.1. The molecule has 1 amide bonds. The van der Waals surface area contributed by atoms with E-state index in [4.69, 9.17) is 27.9 Å². The molecule has 0 aliphatic rings. The number of halogens is 2. The molecule has 0 aromatic heterocycles. The molecule has 1 N–H and O–H groups in total. The number of carbonyl (C=O) groups excluding carboxylic acids is 1. The summed E-state index contributed by atoms with van der Waals surface area (Å²) >= 11 is 13.9. The Morgan fingerprint density at radius 2 is 1.80 bits per heavy atom. The average molecular weight is 398 g/mol. The van der Waals surface area contributed by atoms with Gasteiger partial charge in [0.05, 0.1) is 0 Å². The number of rotatable bonds is 8. The van der Waals surface area contributed by atoms with Crippen molar-refractivity contribution in [1.82, 2.24) is 5.32 Å². The average Bonchev–Trinajstić information content (AvgIpc) is 2.58. The number of ether oxygens (including phenoxy) is 1. The summed E-state index contributed by atoms with van der Waals surface area (Å²) < 4.78 is 5.58. The van der Waals surface area contributed by atoms with E-state index in [1.165, 1.54) is 0 Å². The van der Waals surface area contributed by atoms with Crippen molar-refractivity contribution in [2.75, 3.05) is 18.9 Å². The fourth-order valence-corrected chi connectivity index (χ4v) is 3.78. The third-order valence-electron chi connectivity index (χ3n) is 3.79. The summed E-state index contributed by atoms with van der Waals surface area (Å²) in [7, 11) is 0. The van der Waals surface area contributed by atoms with E-state index in [-0.39, 0.29) is 12.5 Å². The van der Waals surface area contributed by atoms with Gasteiger partial charge in [-0.3, -0.25) is 4.79 Å². The molecule has 2 rings (SSSR count). The van der Waals surface area contributed by atoms with Gasteiger partial charge in [-0.2, -0.15) is 11.8 Å². The SMILES string of the molecule is Cc1cccc(OCC(=O)NCCSCc2c(Cl)cccc2Cl)c1C. The third kappa shape index (κ3) is 6.14. The molecule has 0 spiro atoms. The Hall–Kier alpha value is -1.36. The summed E-state index contributed by atoms with van der Waals surface area (Å²) in [6.07, 6.45) is 0. The lowest BCUT2D eigenvalue weighted by Crippen LogP contribution is -2.30. The molecule has 3 nitrogen and oxygen atoms in total. The van der Waals surface area contributed by atoms with E-state index in [1.807, 2.05) is 50.2 Å². The minimum atomic E-state index is -0.128. The first-order chi connectivity index (χ1) is 12.0. The van der Waals surface area contributed by atoms with Gasteiger partial charge in [0.2, 0.25) is 0 Å². The van der Waals surface area contributed by atoms with Crippen LogP contribution in [0.2, 0.25) is 10.0 Å². The fourth-order valence-electron chi connectivity index (χ4n) is 2.18. The molecule has 0 radical (unpaired) electrons. The predicted molar refractivity (Wildman–Crippen MR) is 107 cm³/mol. The molecule has 134 valence electrons. The summed E-state index contributed by atoms with van der Waals surface area (Å²) in [5.41, 5.74) is 3.13. The molecule has 0 bridgehead atoms. The van der Waals surface area contributed by atoms with Crippen LogP contribution in [-0.2, 0) is 10.5 Å². The maximum atomic E-state index is 11.9. The van der Waals surface area contributed by atoms with Crippen LogP contribution in [0.1, 0.15) is 16.7 Å². The van der Waals surface area contributed by atoms with E-state index in [2.05, 4.69) is 5.32 Å². The quantitative estimate of drug-likeness (QED) is 0.634. The topological polar surface area (TPSA) is 38.3 Å². The standard InChI is InChI=1S/C19H21Cl2NO2S/c1-13-5-3-8-18(14(13)2)24-11-19(23)22-9-10-25-12-15-16(20)6-4-7-17(15)21/h3-8H,9-12H2,1-2H3,(H,22,23). The van der Waals surface area contributed by atoms with Gasteiger partial charge in [0.1, 0.15) is 5.75 Å². The van der Waals surface area contributed by atoms with Gasteiger partial charge >= 0.3 is 0 Å². The Balaban J connectivity index is 1.66. The van der Waals surface area contributed by atoms with E-state index in [0.717, 1.165) is 28.2 Å². The molecule has 0 aliphatic carbocycles. The monoisotopic (exact) mass is 397 g/mol. The van der Waals surface area contributed by atoms with Crippen molar-refractivity contribution in [3.8, 4) is 5.75 Å². The molecule has 0 atom stereocenters. The summed E-state index contributed by atoms with van der Waals surface area (Å²) in [5.74, 6) is 2.11. The number of aryl methyl sites for hydroxylation is 1. The van der Waals surface area contributed by atoms with Crippen molar-refractivity contribution in [1.29, 1.82) is 0 Å². The fraction of sp³-hybridized carbons (Fsp3) is 0.316. The van der Waals surface area contributed by atoms with Gasteiger partial charge in [-0.15, -0.1) is 0 Å². The number of amides is 1. The highest BCUT2D eigenvalue weighted by Gasteiger charge is 2.07. The molecule has 0 unspecified atom stereocenters. The zero-order valence-corrected chi connectivity index (χ0v) is 16.6. The molecule has 0 aliphatic heterocycles. The van der Waals surface area contributed by atoms with Crippen molar-refractivity contribution in [3.05, 3.63) is 63.1 Å². The molecule has 0 fully saturated rings. The molecule has 0 heterocycles. The summed E-state index contributed by atoms with van der Waals surface area (Å²) in [4.78, 5) is 11.9. The number of thioether (sulfide) groups is 1. The van der Waals surface area contributed by atoms with Crippen LogP contribution in [0.3, 0.4) is 0 Å². The predicted octanol–water partition coefficient (Wildman–Crippen LogP) is 5.04. The first-order valence-electron chi connectivity index (χ1n) is 7.95. The van der Waals surface area contributed by atoms with E-state index < -0.39 is 0 Å². The number of hydrogen-bond acceptors (Lipinski definition) is 3. The highest BCUT2D eigenvalue weighted by atomic mass is 35.5. The van der Waals surface area contributed by atoms with Crippen molar-refractivity contribution >= 4 is 40.9 Å². The Labute approximate surface area is 163 Å². The van der Waals surface area contributed by atoms with Crippen molar-refractivity contribution < 1.29 is 9.53 Å². The van der Waals surface area contributed by atoms with Gasteiger partial charge < -0.3 is 10.1 Å². The van der Waals surface area contributed by atoms with Gasteiger partial charge in [0.25, 0.3) is 5.91 Å². The Morgan fingerprint density at radius 3 is 2.52 bits per heavy atom. The first kappa shape index (κ1) is 20.0. The van der Waals surface area contributed by atoms with Crippen LogP contribution in [0.25, 0.3) is 0 Å². The molecular formula is C19H21Cl2NO2S. The van der Waals surface area contributed by atoms with Crippen molar-refractivity contribution in [2.24, 2.45) is 0 Å². The van der Waals surface area contributed by atoms with Gasteiger partial charge in [-0.05, 0) is 48.7 Å². The minimum absolute atomic E-state index is 0.0191. The molecule has 25 heavy (non-hydrogen) atoms. The maximum absolute atomic E-state index is 11.9. The lowest BCUT2D eigenvalue weighted by molar-refractivity contribution is -0.122. The second-order valence-corrected chi connectivity index (χ2v) is 7.51. The van der Waals surface area contributed by atoms with Gasteiger partial charge in [-0.1, -0.05) is 41.4 Å². The Morgan fingerprint density at radius 1 is 1.12 bits per heavy atom. The Bertz CT molecular complexity index is 717. The molecule has 0 saturated carbocycles. The van der Waals surface area contributed by atoms with Crippen LogP contribution < -0.4 is 10.1 Å². The van der Waals surface area contributed by atoms with E-state index in [1.54, 1.807) is 11.8 Å². The van der Waals surface area contributed by atoms with Gasteiger partial charge in [0.15, 0.2) is 6.61 Å². The van der Waals surface area contributed by atoms with Crippen LogP contribution in [0.4, 0.5) is 0 Å². The summed E-state index contributed by atoms with van der Waals surface area (Å²) in [6, 6.07) is 11.3. The third-order valence-corrected chi connectivity index (χ3v) is 5.48. The maximum Gasteiger partial charge on any atom is 0.257 e. The highest BCUT2D eigenvalue weighted by molar-refractivity contribution is 7.98. The number of nitrogens with one attached hydrogen (secondary N) is 1. The molecule has 2 aromatic carbocycles. The number of benzene rings is 2. The van der Waals surface area contributed by atoms with Crippen LogP contribution in [0, 0.1) is 13.8 Å². The van der Waals surface area contributed by atoms with Gasteiger partial charge in [-0.25, -0.2) is 0 Å². The molecule has 2 aromatic rings. The van der Waals surface area contributed by atoms with Crippen molar-refractivity contribution in [3.63, 3.8) is 0 Å². The lowest BCUT2D eigenvalue weighted by Gasteiger charge is -2.11. The van der Waals surface area contributed by atoms with E-state index in [0.29, 0.717) is 22.3 Å². The number of carbonyl (C=O) groups is 1. The summed E-state index contributed by atoms with van der Waals surface area (Å²) in [6.45, 7) is 4.59. The number of hydrogen-bond donors (Lipinski definition) is 1.